The maximum atomic E-state index is 11.7. The summed E-state index contributed by atoms with van der Waals surface area (Å²) in [7, 11) is 0. The summed E-state index contributed by atoms with van der Waals surface area (Å²) in [6.07, 6.45) is 5.93. The zero-order chi connectivity index (χ0) is 15.0. The van der Waals surface area contributed by atoms with E-state index in [-0.39, 0.29) is 11.9 Å². The lowest BCUT2D eigenvalue weighted by atomic mass is 10.00. The number of nitrogens with zero attached hydrogens (tertiary/aromatic N) is 2. The van der Waals surface area contributed by atoms with Crippen molar-refractivity contribution in [1.29, 1.82) is 0 Å². The molecule has 1 unspecified atom stereocenters. The lowest BCUT2D eigenvalue weighted by Crippen LogP contribution is -2.49. The van der Waals surface area contributed by atoms with Gasteiger partial charge in [-0.05, 0) is 50.2 Å². The summed E-state index contributed by atoms with van der Waals surface area (Å²) < 4.78 is 0. The zero-order valence-corrected chi connectivity index (χ0v) is 12.8. The number of hydrogen-bond acceptors (Lipinski definition) is 4. The van der Waals surface area contributed by atoms with Crippen molar-refractivity contribution in [3.05, 3.63) is 22.9 Å². The first-order valence-corrected chi connectivity index (χ1v) is 7.87. The average molecular weight is 304 g/mol. The third-order valence-corrected chi connectivity index (χ3v) is 4.62. The lowest BCUT2D eigenvalue weighted by Gasteiger charge is -2.36. The number of aromatic nitrogens is 1. The van der Waals surface area contributed by atoms with Crippen LogP contribution in [0.1, 0.15) is 42.5 Å². The summed E-state index contributed by atoms with van der Waals surface area (Å²) in [5.74, 6) is 0.442. The van der Waals surface area contributed by atoms with Crippen LogP contribution in [0.4, 0.5) is 5.82 Å². The number of amides is 1. The van der Waals surface area contributed by atoms with Crippen LogP contribution >= 0.6 is 12.2 Å². The highest BCUT2D eigenvalue weighted by Gasteiger charge is 2.31. The quantitative estimate of drug-likeness (QED) is 0.815. The molecule has 1 atom stereocenters. The van der Waals surface area contributed by atoms with Crippen LogP contribution in [0.5, 0.6) is 0 Å². The predicted octanol–water partition coefficient (Wildman–Crippen LogP) is 1.05. The molecule has 5 nitrogen and oxygen atoms in total. The van der Waals surface area contributed by atoms with E-state index >= 15 is 0 Å². The van der Waals surface area contributed by atoms with Gasteiger partial charge in [-0.25, -0.2) is 4.98 Å². The Balaban J connectivity index is 2.07. The molecule has 1 aromatic heterocycles. The minimum Gasteiger partial charge on any atom is -0.389 e. The van der Waals surface area contributed by atoms with Gasteiger partial charge in [0.25, 0.3) is 0 Å². The van der Waals surface area contributed by atoms with Gasteiger partial charge in [0.15, 0.2) is 0 Å². The number of pyridine rings is 1. The second-order valence-electron chi connectivity index (χ2n) is 5.79. The molecular formula is C15H20N4OS. The van der Waals surface area contributed by atoms with Crippen molar-refractivity contribution in [3.63, 3.8) is 0 Å². The number of fused-ring (bicyclic) bond motifs is 1. The number of carbonyl (C=O) groups is 1. The first-order chi connectivity index (χ1) is 10.1. The monoisotopic (exact) mass is 304 g/mol. The number of primary amides is 1. The van der Waals surface area contributed by atoms with E-state index in [9.17, 15) is 4.79 Å². The molecular weight excluding hydrogens is 284 g/mol. The van der Waals surface area contributed by atoms with Crippen LogP contribution in [-0.2, 0) is 17.6 Å². The van der Waals surface area contributed by atoms with Crippen molar-refractivity contribution >= 4 is 28.9 Å². The molecule has 21 heavy (non-hydrogen) atoms. The molecule has 0 saturated carbocycles. The molecule has 1 aliphatic heterocycles. The van der Waals surface area contributed by atoms with Gasteiger partial charge in [-0.2, -0.15) is 0 Å². The van der Waals surface area contributed by atoms with Crippen LogP contribution < -0.4 is 16.4 Å². The first kappa shape index (κ1) is 14.3. The molecule has 2 aliphatic rings. The molecule has 2 heterocycles. The van der Waals surface area contributed by atoms with Gasteiger partial charge in [0, 0.05) is 12.2 Å². The van der Waals surface area contributed by atoms with Gasteiger partial charge in [0.2, 0.25) is 5.91 Å². The standard InChI is InChI=1S/C15H20N4OS/c16-13(20)12-6-1-2-7-19(12)15-10(14(17)21)8-9-4-3-5-11(9)18-15/h8,12H,1-7H2,(H2,16,20)(H2,17,21). The van der Waals surface area contributed by atoms with Crippen molar-refractivity contribution in [3.8, 4) is 0 Å². The minimum atomic E-state index is -0.307. The molecule has 0 aromatic carbocycles. The molecule has 0 radical (unpaired) electrons. The fourth-order valence-electron chi connectivity index (χ4n) is 3.34. The maximum Gasteiger partial charge on any atom is 0.240 e. The highest BCUT2D eigenvalue weighted by molar-refractivity contribution is 7.80. The molecule has 1 aromatic rings. The number of anilines is 1. The number of rotatable bonds is 3. The Morgan fingerprint density at radius 2 is 2.10 bits per heavy atom. The van der Waals surface area contributed by atoms with Gasteiger partial charge in [-0.3, -0.25) is 4.79 Å². The van der Waals surface area contributed by atoms with Gasteiger partial charge in [-0.15, -0.1) is 0 Å². The van der Waals surface area contributed by atoms with Crippen molar-refractivity contribution in [2.45, 2.75) is 44.6 Å². The molecule has 0 spiro atoms. The summed E-state index contributed by atoms with van der Waals surface area (Å²) in [5.41, 5.74) is 14.6. The number of nitrogens with two attached hydrogens (primary N) is 2. The average Bonchev–Trinajstić information content (AvgIpc) is 2.93. The Morgan fingerprint density at radius 3 is 2.81 bits per heavy atom. The van der Waals surface area contributed by atoms with Gasteiger partial charge in [0.05, 0.1) is 5.56 Å². The van der Waals surface area contributed by atoms with Crippen LogP contribution in [0.3, 0.4) is 0 Å². The SMILES string of the molecule is NC(=O)C1CCCCN1c1nc2c(cc1C(N)=S)CCC2. The highest BCUT2D eigenvalue weighted by atomic mass is 32.1. The Labute approximate surface area is 129 Å². The van der Waals surface area contributed by atoms with E-state index in [0.29, 0.717) is 4.99 Å². The van der Waals surface area contributed by atoms with Crippen molar-refractivity contribution < 1.29 is 4.79 Å². The maximum absolute atomic E-state index is 11.7. The van der Waals surface area contributed by atoms with E-state index in [1.165, 1.54) is 5.56 Å². The lowest BCUT2D eigenvalue weighted by molar-refractivity contribution is -0.119. The topological polar surface area (TPSA) is 85.2 Å². The van der Waals surface area contributed by atoms with Crippen LogP contribution in [0, 0.1) is 0 Å². The van der Waals surface area contributed by atoms with Gasteiger partial charge < -0.3 is 16.4 Å². The number of piperidine rings is 1. The molecule has 3 rings (SSSR count). The van der Waals surface area contributed by atoms with Gasteiger partial charge >= 0.3 is 0 Å². The third kappa shape index (κ3) is 2.60. The molecule has 4 N–H and O–H groups in total. The van der Waals surface area contributed by atoms with Crippen LogP contribution in [0.25, 0.3) is 0 Å². The smallest absolute Gasteiger partial charge is 0.240 e. The first-order valence-electron chi connectivity index (χ1n) is 7.46. The normalized spacial score (nSPS) is 21.1. The summed E-state index contributed by atoms with van der Waals surface area (Å²) in [4.78, 5) is 18.9. The number of aryl methyl sites for hydroxylation is 2. The molecule has 6 heteroatoms. The van der Waals surface area contributed by atoms with Gasteiger partial charge in [-0.1, -0.05) is 12.2 Å². The summed E-state index contributed by atoms with van der Waals surface area (Å²) in [6.45, 7) is 0.773. The van der Waals surface area contributed by atoms with E-state index in [4.69, 9.17) is 28.7 Å². The Bertz CT molecular complexity index is 602. The Kier molecular flexibility index (Phi) is 3.80. The Morgan fingerprint density at radius 1 is 1.29 bits per heavy atom. The minimum absolute atomic E-state index is 0.300. The second kappa shape index (κ2) is 5.60. The van der Waals surface area contributed by atoms with Crippen LogP contribution in [-0.4, -0.2) is 28.5 Å². The summed E-state index contributed by atoms with van der Waals surface area (Å²) >= 11 is 5.19. The summed E-state index contributed by atoms with van der Waals surface area (Å²) in [6, 6.07) is 1.75. The number of thiocarbonyl (C=S) groups is 1. The fraction of sp³-hybridized carbons (Fsp3) is 0.533. The summed E-state index contributed by atoms with van der Waals surface area (Å²) in [5, 5.41) is 0. The predicted molar refractivity (Wildman–Crippen MR) is 86.3 cm³/mol. The van der Waals surface area contributed by atoms with Gasteiger partial charge in [0.1, 0.15) is 16.8 Å². The molecule has 1 fully saturated rings. The van der Waals surface area contributed by atoms with E-state index in [0.717, 1.165) is 62.1 Å². The highest BCUT2D eigenvalue weighted by Crippen LogP contribution is 2.31. The largest absolute Gasteiger partial charge is 0.389 e. The fourth-order valence-corrected chi connectivity index (χ4v) is 3.49. The molecule has 1 amide bonds. The molecule has 1 saturated heterocycles. The van der Waals surface area contributed by atoms with E-state index in [2.05, 4.69) is 6.07 Å². The Hall–Kier alpha value is -1.69. The van der Waals surface area contributed by atoms with Crippen molar-refractivity contribution in [2.75, 3.05) is 11.4 Å². The molecule has 112 valence electrons. The van der Waals surface area contributed by atoms with Crippen molar-refractivity contribution in [1.82, 2.24) is 4.98 Å². The number of hydrogen-bond donors (Lipinski definition) is 2. The van der Waals surface area contributed by atoms with Crippen molar-refractivity contribution in [2.24, 2.45) is 11.5 Å². The third-order valence-electron chi connectivity index (χ3n) is 4.40. The molecule has 1 aliphatic carbocycles. The van der Waals surface area contributed by atoms with E-state index in [1.54, 1.807) is 0 Å². The van der Waals surface area contributed by atoms with Crippen LogP contribution in [0.15, 0.2) is 6.07 Å². The van der Waals surface area contributed by atoms with E-state index in [1.807, 2.05) is 4.90 Å². The number of carbonyl (C=O) groups excluding carboxylic acids is 1. The van der Waals surface area contributed by atoms with Crippen LogP contribution in [0.2, 0.25) is 0 Å². The second-order valence-corrected chi connectivity index (χ2v) is 6.23. The zero-order valence-electron chi connectivity index (χ0n) is 12.0. The van der Waals surface area contributed by atoms with E-state index < -0.39 is 0 Å². The molecule has 0 bridgehead atoms.